The number of hydrogen-bond donors (Lipinski definition) is 2. The SMILES string of the molecule is CC(C)N[C@H](C(N)=O)C1CCC1. The van der Waals surface area contributed by atoms with Gasteiger partial charge in [0.2, 0.25) is 5.91 Å². The van der Waals surface area contributed by atoms with Gasteiger partial charge in [-0.15, -0.1) is 0 Å². The van der Waals surface area contributed by atoms with Crippen LogP contribution in [0, 0.1) is 5.92 Å². The molecule has 0 spiro atoms. The lowest BCUT2D eigenvalue weighted by molar-refractivity contribution is -0.122. The van der Waals surface area contributed by atoms with Crippen LogP contribution in [-0.2, 0) is 4.79 Å². The van der Waals surface area contributed by atoms with Gasteiger partial charge in [-0.2, -0.15) is 0 Å². The van der Waals surface area contributed by atoms with Crippen molar-refractivity contribution in [1.82, 2.24) is 5.32 Å². The highest BCUT2D eigenvalue weighted by Crippen LogP contribution is 2.29. The normalized spacial score (nSPS) is 20.6. The number of rotatable bonds is 4. The third kappa shape index (κ3) is 2.21. The minimum Gasteiger partial charge on any atom is -0.368 e. The highest BCUT2D eigenvalue weighted by molar-refractivity contribution is 5.80. The van der Waals surface area contributed by atoms with Crippen LogP contribution in [0.3, 0.4) is 0 Å². The Kier molecular flexibility index (Phi) is 3.09. The molecule has 70 valence electrons. The lowest BCUT2D eigenvalue weighted by Gasteiger charge is -2.33. The Morgan fingerprint density at radius 3 is 2.33 bits per heavy atom. The highest BCUT2D eigenvalue weighted by atomic mass is 16.1. The quantitative estimate of drug-likeness (QED) is 0.650. The lowest BCUT2D eigenvalue weighted by Crippen LogP contribution is -2.51. The fourth-order valence-corrected chi connectivity index (χ4v) is 1.58. The summed E-state index contributed by atoms with van der Waals surface area (Å²) in [6, 6.07) is 0.238. The van der Waals surface area contributed by atoms with Crippen LogP contribution in [0.25, 0.3) is 0 Å². The molecule has 0 aromatic carbocycles. The smallest absolute Gasteiger partial charge is 0.234 e. The predicted molar refractivity (Wildman–Crippen MR) is 48.6 cm³/mol. The summed E-state index contributed by atoms with van der Waals surface area (Å²) in [5.41, 5.74) is 5.29. The topological polar surface area (TPSA) is 55.1 Å². The Hall–Kier alpha value is -0.570. The van der Waals surface area contributed by atoms with E-state index in [9.17, 15) is 4.79 Å². The Balaban J connectivity index is 2.42. The van der Waals surface area contributed by atoms with E-state index in [1.54, 1.807) is 0 Å². The van der Waals surface area contributed by atoms with E-state index in [-0.39, 0.29) is 11.9 Å². The highest BCUT2D eigenvalue weighted by Gasteiger charge is 2.31. The molecule has 3 nitrogen and oxygen atoms in total. The van der Waals surface area contributed by atoms with Gasteiger partial charge in [-0.05, 0) is 18.8 Å². The second-order valence-corrected chi connectivity index (χ2v) is 3.89. The van der Waals surface area contributed by atoms with Gasteiger partial charge < -0.3 is 11.1 Å². The monoisotopic (exact) mass is 170 g/mol. The standard InChI is InChI=1S/C9H18N2O/c1-6(2)11-8(9(10)12)7-4-3-5-7/h6-8,11H,3-5H2,1-2H3,(H2,10,12)/t8-/m0/s1. The first-order valence-electron chi connectivity index (χ1n) is 4.66. The van der Waals surface area contributed by atoms with Crippen molar-refractivity contribution < 1.29 is 4.79 Å². The van der Waals surface area contributed by atoms with Crippen molar-refractivity contribution in [3.05, 3.63) is 0 Å². The maximum atomic E-state index is 11.0. The number of amides is 1. The molecule has 12 heavy (non-hydrogen) atoms. The molecule has 0 aromatic rings. The molecule has 1 amide bonds. The molecule has 1 rings (SSSR count). The van der Waals surface area contributed by atoms with E-state index in [0.717, 1.165) is 12.8 Å². The zero-order chi connectivity index (χ0) is 9.14. The Morgan fingerprint density at radius 1 is 1.50 bits per heavy atom. The van der Waals surface area contributed by atoms with Crippen molar-refractivity contribution in [2.45, 2.75) is 45.2 Å². The average molecular weight is 170 g/mol. The number of hydrogen-bond acceptors (Lipinski definition) is 2. The van der Waals surface area contributed by atoms with Crippen molar-refractivity contribution in [3.63, 3.8) is 0 Å². The summed E-state index contributed by atoms with van der Waals surface area (Å²) in [5.74, 6) is 0.290. The predicted octanol–water partition coefficient (Wildman–Crippen LogP) is 0.638. The van der Waals surface area contributed by atoms with E-state index in [2.05, 4.69) is 5.32 Å². The van der Waals surface area contributed by atoms with Gasteiger partial charge in [-0.3, -0.25) is 4.79 Å². The molecule has 3 heteroatoms. The van der Waals surface area contributed by atoms with Crippen molar-refractivity contribution in [2.75, 3.05) is 0 Å². The van der Waals surface area contributed by atoms with E-state index in [4.69, 9.17) is 5.73 Å². The van der Waals surface area contributed by atoms with E-state index in [1.807, 2.05) is 13.8 Å². The first-order chi connectivity index (χ1) is 5.61. The summed E-state index contributed by atoms with van der Waals surface area (Å²) < 4.78 is 0. The molecular weight excluding hydrogens is 152 g/mol. The summed E-state index contributed by atoms with van der Waals surface area (Å²) in [6.07, 6.45) is 3.54. The maximum absolute atomic E-state index is 11.0. The molecule has 1 fully saturated rings. The molecule has 1 aliphatic rings. The Morgan fingerprint density at radius 2 is 2.08 bits per heavy atom. The summed E-state index contributed by atoms with van der Waals surface area (Å²) in [6.45, 7) is 4.07. The largest absolute Gasteiger partial charge is 0.368 e. The molecule has 0 bridgehead atoms. The number of primary amides is 1. The molecule has 0 saturated heterocycles. The molecule has 0 heterocycles. The molecule has 1 atom stereocenters. The van der Waals surface area contributed by atoms with Crippen molar-refractivity contribution in [1.29, 1.82) is 0 Å². The van der Waals surface area contributed by atoms with Crippen LogP contribution < -0.4 is 11.1 Å². The summed E-state index contributed by atoms with van der Waals surface area (Å²) in [7, 11) is 0. The minimum atomic E-state index is -0.201. The molecule has 0 aliphatic heterocycles. The van der Waals surface area contributed by atoms with Crippen LogP contribution in [0.2, 0.25) is 0 Å². The van der Waals surface area contributed by atoms with Crippen molar-refractivity contribution in [3.8, 4) is 0 Å². The minimum absolute atomic E-state index is 0.0984. The third-order valence-electron chi connectivity index (χ3n) is 2.44. The maximum Gasteiger partial charge on any atom is 0.234 e. The van der Waals surface area contributed by atoms with Gasteiger partial charge in [0.1, 0.15) is 0 Å². The van der Waals surface area contributed by atoms with E-state index < -0.39 is 0 Å². The summed E-state index contributed by atoms with van der Waals surface area (Å²) >= 11 is 0. The molecule has 3 N–H and O–H groups in total. The van der Waals surface area contributed by atoms with Crippen LogP contribution in [-0.4, -0.2) is 18.0 Å². The zero-order valence-electron chi connectivity index (χ0n) is 7.84. The first kappa shape index (κ1) is 9.52. The molecule has 0 aromatic heterocycles. The van der Waals surface area contributed by atoms with Gasteiger partial charge >= 0.3 is 0 Å². The van der Waals surface area contributed by atoms with Gasteiger partial charge in [0.05, 0.1) is 6.04 Å². The van der Waals surface area contributed by atoms with Crippen LogP contribution in [0.4, 0.5) is 0 Å². The number of carbonyl (C=O) groups excluding carboxylic acids is 1. The van der Waals surface area contributed by atoms with Gasteiger partial charge in [0.25, 0.3) is 0 Å². The molecule has 1 saturated carbocycles. The van der Waals surface area contributed by atoms with Gasteiger partial charge in [0, 0.05) is 6.04 Å². The summed E-state index contributed by atoms with van der Waals surface area (Å²) in [4.78, 5) is 11.0. The number of nitrogens with two attached hydrogens (primary N) is 1. The van der Waals surface area contributed by atoms with Crippen molar-refractivity contribution in [2.24, 2.45) is 11.7 Å². The zero-order valence-corrected chi connectivity index (χ0v) is 7.84. The van der Waals surface area contributed by atoms with Gasteiger partial charge in [0.15, 0.2) is 0 Å². The van der Waals surface area contributed by atoms with Crippen molar-refractivity contribution >= 4 is 5.91 Å². The van der Waals surface area contributed by atoms with Crippen LogP contribution in [0.15, 0.2) is 0 Å². The molecule has 1 aliphatic carbocycles. The third-order valence-corrected chi connectivity index (χ3v) is 2.44. The van der Waals surface area contributed by atoms with Crippen LogP contribution >= 0.6 is 0 Å². The second-order valence-electron chi connectivity index (χ2n) is 3.89. The lowest BCUT2D eigenvalue weighted by atomic mass is 9.79. The summed E-state index contributed by atoms with van der Waals surface area (Å²) in [5, 5.41) is 3.21. The van der Waals surface area contributed by atoms with Crippen LogP contribution in [0.1, 0.15) is 33.1 Å². The van der Waals surface area contributed by atoms with Gasteiger partial charge in [-0.25, -0.2) is 0 Å². The fourth-order valence-electron chi connectivity index (χ4n) is 1.58. The average Bonchev–Trinajstić information content (AvgIpc) is 1.80. The van der Waals surface area contributed by atoms with E-state index in [0.29, 0.717) is 12.0 Å². The second kappa shape index (κ2) is 3.90. The Labute approximate surface area is 73.7 Å². The number of nitrogens with one attached hydrogen (secondary N) is 1. The molecule has 0 unspecified atom stereocenters. The Bertz CT molecular complexity index is 164. The first-order valence-corrected chi connectivity index (χ1v) is 4.66. The molecular formula is C9H18N2O. The number of carbonyl (C=O) groups is 1. The van der Waals surface area contributed by atoms with E-state index >= 15 is 0 Å². The van der Waals surface area contributed by atoms with E-state index in [1.165, 1.54) is 6.42 Å². The van der Waals surface area contributed by atoms with Gasteiger partial charge in [-0.1, -0.05) is 20.3 Å². The van der Waals surface area contributed by atoms with Crippen LogP contribution in [0.5, 0.6) is 0 Å². The fraction of sp³-hybridized carbons (Fsp3) is 0.889. The molecule has 0 radical (unpaired) electrons.